The number of nitro benzene ring substituents is 1. The summed E-state index contributed by atoms with van der Waals surface area (Å²) in [5, 5.41) is 14.7. The van der Waals surface area contributed by atoms with Crippen LogP contribution in [0.4, 0.5) is 11.4 Å². The minimum Gasteiger partial charge on any atom is -0.380 e. The Kier molecular flexibility index (Phi) is 4.62. The number of nitro groups is 1. The fourth-order valence-electron chi connectivity index (χ4n) is 1.81. The van der Waals surface area contributed by atoms with Crippen LogP contribution in [-0.4, -0.2) is 4.92 Å². The van der Waals surface area contributed by atoms with Crippen molar-refractivity contribution in [2.45, 2.75) is 13.5 Å². The van der Waals surface area contributed by atoms with Crippen molar-refractivity contribution < 1.29 is 4.92 Å². The summed E-state index contributed by atoms with van der Waals surface area (Å²) in [6, 6.07) is 10.3. The molecule has 0 atom stereocenters. The zero-order valence-electron chi connectivity index (χ0n) is 10.7. The van der Waals surface area contributed by atoms with E-state index in [0.29, 0.717) is 17.3 Å². The molecule has 0 aliphatic rings. The lowest BCUT2D eigenvalue weighted by molar-refractivity contribution is -0.384. The molecule has 2 aromatic carbocycles. The van der Waals surface area contributed by atoms with Crippen LogP contribution in [0.25, 0.3) is 0 Å². The Morgan fingerprint density at radius 1 is 1.30 bits per heavy atom. The van der Waals surface area contributed by atoms with Gasteiger partial charge in [0.2, 0.25) is 0 Å². The monoisotopic (exact) mass is 354 g/mol. The minimum atomic E-state index is -0.412. The van der Waals surface area contributed by atoms with Gasteiger partial charge in [-0.15, -0.1) is 0 Å². The van der Waals surface area contributed by atoms with Gasteiger partial charge in [0.1, 0.15) is 0 Å². The van der Waals surface area contributed by atoms with Gasteiger partial charge in [0.05, 0.1) is 10.6 Å². The van der Waals surface area contributed by atoms with Crippen molar-refractivity contribution >= 4 is 38.9 Å². The van der Waals surface area contributed by atoms with Crippen molar-refractivity contribution in [1.29, 1.82) is 0 Å². The van der Waals surface area contributed by atoms with Gasteiger partial charge in [-0.3, -0.25) is 10.1 Å². The Balaban J connectivity index is 2.18. The number of nitrogens with one attached hydrogen (secondary N) is 1. The van der Waals surface area contributed by atoms with E-state index in [1.807, 2.05) is 25.1 Å². The van der Waals surface area contributed by atoms with Gasteiger partial charge in [-0.25, -0.2) is 0 Å². The van der Waals surface area contributed by atoms with Crippen molar-refractivity contribution in [3.05, 3.63) is 67.1 Å². The van der Waals surface area contributed by atoms with E-state index in [4.69, 9.17) is 11.6 Å². The summed E-state index contributed by atoms with van der Waals surface area (Å²) >= 11 is 9.29. The molecule has 0 fully saturated rings. The van der Waals surface area contributed by atoms with Crippen molar-refractivity contribution in [3.8, 4) is 0 Å². The van der Waals surface area contributed by atoms with Crippen LogP contribution in [0.5, 0.6) is 0 Å². The third kappa shape index (κ3) is 3.49. The van der Waals surface area contributed by atoms with E-state index in [9.17, 15) is 10.1 Å². The summed E-state index contributed by atoms with van der Waals surface area (Å²) in [6.45, 7) is 2.55. The molecule has 0 aliphatic heterocycles. The van der Waals surface area contributed by atoms with Crippen LogP contribution < -0.4 is 5.32 Å². The van der Waals surface area contributed by atoms with Crippen molar-refractivity contribution in [2.24, 2.45) is 0 Å². The number of anilines is 1. The molecule has 0 heterocycles. The largest absolute Gasteiger partial charge is 0.380 e. The molecule has 0 bridgehead atoms. The summed E-state index contributed by atoms with van der Waals surface area (Å²) in [5.74, 6) is 0. The number of benzene rings is 2. The second-order valence-corrected chi connectivity index (χ2v) is 5.64. The summed E-state index contributed by atoms with van der Waals surface area (Å²) in [4.78, 5) is 10.4. The van der Waals surface area contributed by atoms with Crippen LogP contribution in [0.3, 0.4) is 0 Å². The lowest BCUT2D eigenvalue weighted by Gasteiger charge is -2.11. The summed E-state index contributed by atoms with van der Waals surface area (Å²) in [5.41, 5.74) is 2.91. The lowest BCUT2D eigenvalue weighted by atomic mass is 10.1. The minimum absolute atomic E-state index is 0.0588. The molecular weight excluding hydrogens is 344 g/mol. The highest BCUT2D eigenvalue weighted by Crippen LogP contribution is 2.28. The van der Waals surface area contributed by atoms with E-state index in [2.05, 4.69) is 21.2 Å². The molecule has 0 radical (unpaired) electrons. The van der Waals surface area contributed by atoms with Crippen molar-refractivity contribution in [2.75, 3.05) is 5.32 Å². The highest BCUT2D eigenvalue weighted by atomic mass is 79.9. The van der Waals surface area contributed by atoms with E-state index in [1.54, 1.807) is 6.07 Å². The van der Waals surface area contributed by atoms with Crippen LogP contribution in [-0.2, 0) is 6.54 Å². The second kappa shape index (κ2) is 6.24. The average molecular weight is 356 g/mol. The zero-order valence-corrected chi connectivity index (χ0v) is 13.0. The highest BCUT2D eigenvalue weighted by molar-refractivity contribution is 9.10. The summed E-state index contributed by atoms with van der Waals surface area (Å²) < 4.78 is 0.787. The smallest absolute Gasteiger partial charge is 0.271 e. The molecule has 0 spiro atoms. The Bertz CT molecular complexity index is 662. The molecule has 4 nitrogen and oxygen atoms in total. The van der Waals surface area contributed by atoms with Gasteiger partial charge in [-0.2, -0.15) is 0 Å². The SMILES string of the molecule is Cc1cc(Cl)ccc1CNc1cc([N+](=O)[O-])ccc1Br. The number of nitrogens with zero attached hydrogens (tertiary/aromatic N) is 1. The molecule has 2 rings (SSSR count). The van der Waals surface area contributed by atoms with Crippen LogP contribution in [0, 0.1) is 17.0 Å². The first-order chi connectivity index (χ1) is 9.47. The molecule has 6 heteroatoms. The molecule has 2 aromatic rings. The summed E-state index contributed by atoms with van der Waals surface area (Å²) in [7, 11) is 0. The van der Waals surface area contributed by atoms with Gasteiger partial charge in [-0.1, -0.05) is 17.7 Å². The molecular formula is C14H12BrClN2O2. The van der Waals surface area contributed by atoms with Gasteiger partial charge < -0.3 is 5.32 Å². The first-order valence-corrected chi connectivity index (χ1v) is 7.07. The maximum absolute atomic E-state index is 10.8. The molecule has 0 aromatic heterocycles. The Morgan fingerprint density at radius 3 is 2.70 bits per heavy atom. The molecule has 1 N–H and O–H groups in total. The van der Waals surface area contributed by atoms with Gasteiger partial charge in [0.15, 0.2) is 0 Å². The van der Waals surface area contributed by atoms with Crippen LogP contribution in [0.15, 0.2) is 40.9 Å². The number of aryl methyl sites for hydroxylation is 1. The third-order valence-electron chi connectivity index (χ3n) is 2.93. The Labute approximate surface area is 130 Å². The van der Waals surface area contributed by atoms with Gasteiger partial charge in [-0.05, 0) is 52.2 Å². The van der Waals surface area contributed by atoms with E-state index in [1.165, 1.54) is 12.1 Å². The average Bonchev–Trinajstić information content (AvgIpc) is 2.39. The third-order valence-corrected chi connectivity index (χ3v) is 3.86. The number of hydrogen-bond acceptors (Lipinski definition) is 3. The number of hydrogen-bond donors (Lipinski definition) is 1. The maximum atomic E-state index is 10.8. The molecule has 0 saturated heterocycles. The van der Waals surface area contributed by atoms with Crippen LogP contribution in [0.2, 0.25) is 5.02 Å². The normalized spacial score (nSPS) is 10.3. The summed E-state index contributed by atoms with van der Waals surface area (Å²) in [6.07, 6.45) is 0. The van der Waals surface area contributed by atoms with E-state index < -0.39 is 4.92 Å². The topological polar surface area (TPSA) is 55.2 Å². The lowest BCUT2D eigenvalue weighted by Crippen LogP contribution is -2.02. The Hall–Kier alpha value is -1.59. The first kappa shape index (κ1) is 14.8. The molecule has 0 aliphatic carbocycles. The van der Waals surface area contributed by atoms with Crippen molar-refractivity contribution in [3.63, 3.8) is 0 Å². The second-order valence-electron chi connectivity index (χ2n) is 4.35. The predicted octanol–water partition coefficient (Wildman–Crippen LogP) is 4.93. The predicted molar refractivity (Wildman–Crippen MR) is 84.3 cm³/mol. The Morgan fingerprint density at radius 2 is 2.05 bits per heavy atom. The van der Waals surface area contributed by atoms with E-state index in [-0.39, 0.29) is 5.69 Å². The number of non-ortho nitro benzene ring substituents is 1. The van der Waals surface area contributed by atoms with Gasteiger partial charge in [0, 0.05) is 28.2 Å². The number of halogens is 2. The quantitative estimate of drug-likeness (QED) is 0.625. The molecule has 0 saturated carbocycles. The van der Waals surface area contributed by atoms with Crippen LogP contribution in [0.1, 0.15) is 11.1 Å². The van der Waals surface area contributed by atoms with Gasteiger partial charge in [0.25, 0.3) is 5.69 Å². The first-order valence-electron chi connectivity index (χ1n) is 5.90. The van der Waals surface area contributed by atoms with E-state index >= 15 is 0 Å². The van der Waals surface area contributed by atoms with Crippen molar-refractivity contribution in [1.82, 2.24) is 0 Å². The van der Waals surface area contributed by atoms with Crippen LogP contribution >= 0.6 is 27.5 Å². The highest BCUT2D eigenvalue weighted by Gasteiger charge is 2.09. The molecule has 20 heavy (non-hydrogen) atoms. The number of rotatable bonds is 4. The maximum Gasteiger partial charge on any atom is 0.271 e. The van der Waals surface area contributed by atoms with Gasteiger partial charge >= 0.3 is 0 Å². The molecule has 104 valence electrons. The zero-order chi connectivity index (χ0) is 14.7. The molecule has 0 amide bonds. The standard InChI is InChI=1S/C14H12BrClN2O2/c1-9-6-11(16)3-2-10(9)8-17-14-7-12(18(19)20)4-5-13(14)15/h2-7,17H,8H2,1H3. The fourth-order valence-corrected chi connectivity index (χ4v) is 2.42. The fraction of sp³-hybridized carbons (Fsp3) is 0.143. The molecule has 0 unspecified atom stereocenters. The van der Waals surface area contributed by atoms with E-state index in [0.717, 1.165) is 15.6 Å².